The maximum Gasteiger partial charge on any atom is 0.0992 e. The van der Waals surface area contributed by atoms with Gasteiger partial charge in [-0.1, -0.05) is 91.6 Å². The quantitative estimate of drug-likeness (QED) is 0.123. The van der Waals surface area contributed by atoms with Crippen molar-refractivity contribution >= 4 is 79.7 Å². The van der Waals surface area contributed by atoms with Crippen LogP contribution in [0.4, 0.5) is 34.1 Å². The fraction of sp³-hybridized carbons (Fsp3) is 0.0652. The highest BCUT2D eigenvalue weighted by atomic mass is 28.3. The first-order valence-electron chi connectivity index (χ1n) is 17.2. The smallest absolute Gasteiger partial charge is 0.0992 e. The van der Waals surface area contributed by atoms with Crippen molar-refractivity contribution in [1.29, 1.82) is 15.8 Å². The number of hydrogen-bond acceptors (Lipinski definition) is 5. The van der Waals surface area contributed by atoms with E-state index in [4.69, 9.17) is 0 Å². The molecule has 0 fully saturated rings. The van der Waals surface area contributed by atoms with E-state index in [0.717, 1.165) is 66.4 Å². The van der Waals surface area contributed by atoms with Gasteiger partial charge in [-0.05, 0) is 100 Å². The number of anilines is 6. The maximum absolute atomic E-state index is 9.89. The lowest BCUT2D eigenvalue weighted by Gasteiger charge is -2.30. The molecule has 0 radical (unpaired) electrons. The lowest BCUT2D eigenvalue weighted by molar-refractivity contribution is 1.29. The van der Waals surface area contributed by atoms with Gasteiger partial charge in [0.05, 0.1) is 54.3 Å². The molecule has 0 atom stereocenters. The van der Waals surface area contributed by atoms with Crippen molar-refractivity contribution in [2.75, 3.05) is 9.80 Å². The first-order chi connectivity index (χ1) is 25.3. The summed E-state index contributed by atoms with van der Waals surface area (Å²) in [6, 6.07) is 56.2. The van der Waals surface area contributed by atoms with Crippen LogP contribution in [0, 0.1) is 34.0 Å². The Hall–Kier alpha value is -6.91. The molecule has 0 amide bonds. The monoisotopic (exact) mass is 683 g/mol. The number of rotatable bonds is 7. The van der Waals surface area contributed by atoms with Crippen molar-refractivity contribution in [3.8, 4) is 18.2 Å². The van der Waals surface area contributed by atoms with Crippen molar-refractivity contribution in [3.05, 3.63) is 162 Å². The van der Waals surface area contributed by atoms with Gasteiger partial charge >= 0.3 is 0 Å². The topological polar surface area (TPSA) is 77.8 Å². The van der Waals surface area contributed by atoms with Crippen molar-refractivity contribution in [3.63, 3.8) is 0 Å². The SMILES string of the molecule is C[Si](C)(C)c1cccc(N(c2cccc(C#N)c2)c2ccc3ccc4c(N(c5cccc(C#N)c5)c5cccc(C#N)c5)ccc5ccc2c3c54)c1. The molecule has 8 rings (SSSR count). The molecular formula is C46H33N5Si. The van der Waals surface area contributed by atoms with Crippen molar-refractivity contribution < 1.29 is 0 Å². The third kappa shape index (κ3) is 5.57. The highest BCUT2D eigenvalue weighted by Gasteiger charge is 2.24. The van der Waals surface area contributed by atoms with E-state index in [0.29, 0.717) is 16.7 Å². The van der Waals surface area contributed by atoms with E-state index in [1.807, 2.05) is 54.6 Å². The van der Waals surface area contributed by atoms with Gasteiger partial charge in [-0.2, -0.15) is 15.8 Å². The lowest BCUT2D eigenvalue weighted by Crippen LogP contribution is -2.37. The van der Waals surface area contributed by atoms with E-state index in [1.165, 1.54) is 5.19 Å². The summed E-state index contributed by atoms with van der Waals surface area (Å²) in [6.07, 6.45) is 0. The third-order valence-electron chi connectivity index (χ3n) is 9.77. The molecule has 0 saturated heterocycles. The van der Waals surface area contributed by atoms with Gasteiger partial charge in [-0.25, -0.2) is 0 Å². The van der Waals surface area contributed by atoms with E-state index in [-0.39, 0.29) is 0 Å². The minimum absolute atomic E-state index is 0.556. The molecule has 0 aromatic heterocycles. The fourth-order valence-corrected chi connectivity index (χ4v) is 8.45. The Morgan fingerprint density at radius 1 is 0.423 bits per heavy atom. The minimum Gasteiger partial charge on any atom is -0.310 e. The normalized spacial score (nSPS) is 11.3. The first kappa shape index (κ1) is 32.3. The molecule has 0 aliphatic rings. The predicted molar refractivity (Wildman–Crippen MR) is 217 cm³/mol. The number of nitrogens with zero attached hydrogens (tertiary/aromatic N) is 5. The number of benzene rings is 8. The zero-order valence-electron chi connectivity index (χ0n) is 29.1. The van der Waals surface area contributed by atoms with Crippen LogP contribution in [-0.4, -0.2) is 8.07 Å². The molecule has 0 aliphatic heterocycles. The van der Waals surface area contributed by atoms with Crippen molar-refractivity contribution in [2.45, 2.75) is 19.6 Å². The van der Waals surface area contributed by atoms with Crippen molar-refractivity contribution in [2.24, 2.45) is 0 Å². The summed E-state index contributed by atoms with van der Waals surface area (Å²) < 4.78 is 0. The largest absolute Gasteiger partial charge is 0.310 e. The average Bonchev–Trinajstić information content (AvgIpc) is 3.18. The van der Waals surface area contributed by atoms with Crippen LogP contribution >= 0.6 is 0 Å². The highest BCUT2D eigenvalue weighted by molar-refractivity contribution is 6.88. The Morgan fingerprint density at radius 2 is 0.788 bits per heavy atom. The zero-order chi connectivity index (χ0) is 36.0. The summed E-state index contributed by atoms with van der Waals surface area (Å²) in [5.41, 5.74) is 7.31. The summed E-state index contributed by atoms with van der Waals surface area (Å²) in [5, 5.41) is 37.5. The molecule has 0 spiro atoms. The molecule has 52 heavy (non-hydrogen) atoms. The predicted octanol–water partition coefficient (Wildman–Crippen LogP) is 11.7. The zero-order valence-corrected chi connectivity index (χ0v) is 30.1. The lowest BCUT2D eigenvalue weighted by atomic mass is 9.91. The molecular weight excluding hydrogens is 651 g/mol. The Balaban J connectivity index is 1.42. The Labute approximate surface area is 304 Å². The fourth-order valence-electron chi connectivity index (χ4n) is 7.27. The van der Waals surface area contributed by atoms with Crippen LogP contribution in [0.15, 0.2) is 146 Å². The van der Waals surface area contributed by atoms with E-state index >= 15 is 0 Å². The van der Waals surface area contributed by atoms with E-state index in [2.05, 4.69) is 127 Å². The molecule has 8 aromatic rings. The highest BCUT2D eigenvalue weighted by Crippen LogP contribution is 2.47. The summed E-state index contributed by atoms with van der Waals surface area (Å²) in [4.78, 5) is 4.42. The Morgan fingerprint density at radius 3 is 1.17 bits per heavy atom. The van der Waals surface area contributed by atoms with E-state index in [9.17, 15) is 15.8 Å². The summed E-state index contributed by atoms with van der Waals surface area (Å²) >= 11 is 0. The van der Waals surface area contributed by atoms with Gasteiger partial charge in [0.25, 0.3) is 0 Å². The van der Waals surface area contributed by atoms with Crippen molar-refractivity contribution in [1.82, 2.24) is 0 Å². The van der Waals surface area contributed by atoms with Gasteiger partial charge in [0.2, 0.25) is 0 Å². The second-order valence-corrected chi connectivity index (χ2v) is 19.1. The van der Waals surface area contributed by atoms with Crippen LogP contribution in [-0.2, 0) is 0 Å². The Bertz CT molecular complexity index is 2740. The van der Waals surface area contributed by atoms with Gasteiger partial charge in [-0.15, -0.1) is 0 Å². The molecule has 0 heterocycles. The number of hydrogen-bond donors (Lipinski definition) is 0. The van der Waals surface area contributed by atoms with Crippen LogP contribution in [0.3, 0.4) is 0 Å². The van der Waals surface area contributed by atoms with E-state index in [1.54, 1.807) is 12.1 Å². The Kier molecular flexibility index (Phi) is 7.93. The molecule has 0 bridgehead atoms. The minimum atomic E-state index is -1.64. The average molecular weight is 684 g/mol. The molecule has 6 heteroatoms. The van der Waals surface area contributed by atoms with Crippen LogP contribution in [0.5, 0.6) is 0 Å². The molecule has 0 N–H and O–H groups in total. The summed E-state index contributed by atoms with van der Waals surface area (Å²) in [7, 11) is -1.64. The van der Waals surface area contributed by atoms with Gasteiger partial charge in [0.15, 0.2) is 0 Å². The van der Waals surface area contributed by atoms with Gasteiger partial charge in [0.1, 0.15) is 0 Å². The maximum atomic E-state index is 9.89. The van der Waals surface area contributed by atoms with Crippen LogP contribution in [0.25, 0.3) is 32.3 Å². The second-order valence-electron chi connectivity index (χ2n) is 14.0. The third-order valence-corrected chi connectivity index (χ3v) is 11.8. The molecule has 8 aromatic carbocycles. The molecule has 0 saturated carbocycles. The molecule has 5 nitrogen and oxygen atoms in total. The standard InChI is InChI=1S/C46H33N5Si/c1-52(2,3)40-15-7-14-39(27-40)51(38-13-6-10-33(26-38)30-49)44-23-19-35-16-20-41-43(22-18-34-17-21-42(44)46(35)45(34)41)50(36-11-4-8-31(24-36)28-47)37-12-5-9-32(25-37)29-48/h4-27H,1-3H3. The molecule has 0 unspecified atom stereocenters. The van der Waals surface area contributed by atoms with Crippen LogP contribution < -0.4 is 15.0 Å². The molecule has 0 aliphatic carbocycles. The van der Waals surface area contributed by atoms with Gasteiger partial charge < -0.3 is 9.80 Å². The van der Waals surface area contributed by atoms with E-state index < -0.39 is 8.07 Å². The summed E-state index contributed by atoms with van der Waals surface area (Å²) in [6.45, 7) is 7.07. The second kappa shape index (κ2) is 12.8. The molecule has 246 valence electrons. The van der Waals surface area contributed by atoms with Gasteiger partial charge in [-0.3, -0.25) is 0 Å². The van der Waals surface area contributed by atoms with Gasteiger partial charge in [0, 0.05) is 33.5 Å². The number of nitriles is 3. The summed E-state index contributed by atoms with van der Waals surface area (Å²) in [5.74, 6) is 0. The first-order valence-corrected chi connectivity index (χ1v) is 20.7. The van der Waals surface area contributed by atoms with Crippen LogP contribution in [0.2, 0.25) is 19.6 Å². The van der Waals surface area contributed by atoms with Crippen LogP contribution in [0.1, 0.15) is 16.7 Å².